The zero-order chi connectivity index (χ0) is 97.8. The van der Waals surface area contributed by atoms with Crippen LogP contribution in [0.25, 0.3) is 0 Å². The Bertz CT molecular complexity index is 5040. The second kappa shape index (κ2) is 40.7. The topological polar surface area (TPSA) is 250 Å². The van der Waals surface area contributed by atoms with Gasteiger partial charge in [-0.05, 0) is 321 Å². The van der Waals surface area contributed by atoms with Gasteiger partial charge in [0.05, 0.1) is 12.0 Å². The van der Waals surface area contributed by atoms with Crippen LogP contribution in [0.5, 0.6) is 0 Å². The highest BCUT2D eigenvalue weighted by Gasteiger charge is 2.66. The molecule has 0 aromatic heterocycles. The zero-order valence-corrected chi connectivity index (χ0v) is 86.3. The van der Waals surface area contributed by atoms with Gasteiger partial charge in [-0.2, -0.15) is 0 Å². The fraction of sp³-hybridized carbons (Fsp3) is 0.627. The number of hydrogen-bond acceptors (Lipinski definition) is 17. The molecule has 24 nitrogen and oxygen atoms in total. The van der Waals surface area contributed by atoms with Gasteiger partial charge in [-0.3, -0.25) is 29.0 Å². The van der Waals surface area contributed by atoms with Crippen LogP contribution in [-0.2, 0) is 88.5 Å². The minimum Gasteiger partial charge on any atom is -0.481 e. The predicted molar refractivity (Wildman–Crippen MR) is 518 cm³/mol. The van der Waals surface area contributed by atoms with Crippen LogP contribution in [0.1, 0.15) is 252 Å². The van der Waals surface area contributed by atoms with Gasteiger partial charge in [-0.15, -0.1) is 12.4 Å². The Balaban J connectivity index is 0.000000174. The quantitative estimate of drug-likeness (QED) is 0.0790. The molecule has 4 aliphatic carbocycles. The Kier molecular flexibility index (Phi) is 32.8. The summed E-state index contributed by atoms with van der Waals surface area (Å²) in [5.74, 6) is -4.18. The molecule has 133 heavy (non-hydrogen) atoms. The number of nitrogens with zero attached hydrogens (tertiary/aromatic N) is 8. The molecule has 6 amide bonds. The van der Waals surface area contributed by atoms with Crippen molar-refractivity contribution in [3.8, 4) is 0 Å². The number of benzene rings is 5. The van der Waals surface area contributed by atoms with E-state index >= 15 is 0 Å². The molecular formula is C102H142Cl5F2N9O15. The molecule has 10 aliphatic rings. The van der Waals surface area contributed by atoms with Crippen LogP contribution in [0.4, 0.5) is 28.0 Å². The highest BCUT2D eigenvalue weighted by molar-refractivity contribution is 6.31. The fourth-order valence-corrected chi connectivity index (χ4v) is 22.8. The Hall–Kier alpha value is -7.79. The summed E-state index contributed by atoms with van der Waals surface area (Å²) in [5, 5.41) is 15.8. The van der Waals surface area contributed by atoms with E-state index in [0.717, 1.165) is 99.2 Å². The third-order valence-corrected chi connectivity index (χ3v) is 29.5. The number of esters is 1. The second-order valence-electron chi connectivity index (χ2n) is 43.6. The molecule has 6 heterocycles. The average Bonchev–Trinajstić information content (AvgIpc) is 1.50. The molecule has 15 rings (SSSR count). The highest BCUT2D eigenvalue weighted by Crippen LogP contribution is 2.64. The van der Waals surface area contributed by atoms with E-state index in [4.69, 9.17) is 74.8 Å². The molecule has 5 aromatic rings. The van der Waals surface area contributed by atoms with Crippen molar-refractivity contribution in [1.82, 2.24) is 44.5 Å². The molecule has 734 valence electrons. The van der Waals surface area contributed by atoms with Gasteiger partial charge in [-0.25, -0.2) is 28.0 Å². The van der Waals surface area contributed by atoms with E-state index in [1.165, 1.54) is 58.0 Å². The minimum absolute atomic E-state index is 0. The van der Waals surface area contributed by atoms with Crippen molar-refractivity contribution in [2.75, 3.05) is 101 Å². The predicted octanol–water partition coefficient (Wildman–Crippen LogP) is 19.8. The summed E-state index contributed by atoms with van der Waals surface area (Å²) in [7, 11) is 9.42. The number of likely N-dealkylation sites (N-methyl/N-ethyl adjacent to an activating group) is 4. The normalized spacial score (nSPS) is 22.8. The molecule has 6 fully saturated rings. The number of hydrogen-bond donors (Lipinski definition) is 2. The summed E-state index contributed by atoms with van der Waals surface area (Å²) in [6.45, 7) is 42.8. The maximum atomic E-state index is 13.9. The summed E-state index contributed by atoms with van der Waals surface area (Å²) in [6, 6.07) is 29.2. The first-order valence-corrected chi connectivity index (χ1v) is 47.9. The van der Waals surface area contributed by atoms with Crippen LogP contribution in [0, 0.1) is 17.6 Å². The van der Waals surface area contributed by atoms with Gasteiger partial charge in [0.25, 0.3) is 11.8 Å². The van der Waals surface area contributed by atoms with Crippen molar-refractivity contribution in [1.29, 1.82) is 0 Å². The van der Waals surface area contributed by atoms with Crippen LogP contribution in [0.3, 0.4) is 0 Å². The molecule has 0 saturated carbocycles. The van der Waals surface area contributed by atoms with Crippen molar-refractivity contribution in [3.05, 3.63) is 173 Å². The van der Waals surface area contributed by atoms with Crippen molar-refractivity contribution >= 4 is 107 Å². The van der Waals surface area contributed by atoms with Crippen LogP contribution in [0.2, 0.25) is 20.1 Å². The number of fused-ring (bicyclic) bond motifs is 11. The lowest BCUT2D eigenvalue weighted by molar-refractivity contribution is -0.169. The lowest BCUT2D eigenvalue weighted by atomic mass is 9.70. The number of ether oxygens (including phenoxy) is 6. The number of carbonyl (C=O) groups excluding carboxylic acids is 7. The number of methoxy groups -OCH3 is 1. The number of amides is 6. The number of aliphatic carboxylic acids is 1. The molecule has 0 radical (unpaired) electrons. The third-order valence-electron chi connectivity index (χ3n) is 28.6. The molecular weight excluding hydrogens is 1810 g/mol. The zero-order valence-electron chi connectivity index (χ0n) is 82.5. The van der Waals surface area contributed by atoms with E-state index in [-0.39, 0.29) is 93.4 Å². The smallest absolute Gasteiger partial charge is 0.410 e. The number of rotatable bonds is 9. The molecule has 5 aromatic carbocycles. The highest BCUT2D eigenvalue weighted by atomic mass is 35.5. The molecule has 2 N–H and O–H groups in total. The van der Waals surface area contributed by atoms with Gasteiger partial charge in [0.2, 0.25) is 0 Å². The summed E-state index contributed by atoms with van der Waals surface area (Å²) < 4.78 is 59.9. The van der Waals surface area contributed by atoms with E-state index < -0.39 is 69.0 Å². The van der Waals surface area contributed by atoms with E-state index in [0.29, 0.717) is 86.7 Å². The molecule has 31 heteroatoms. The maximum absolute atomic E-state index is 13.9. The number of carboxylic acids is 1. The molecule has 8 atom stereocenters. The second-order valence-corrected chi connectivity index (χ2v) is 45.4. The van der Waals surface area contributed by atoms with Gasteiger partial charge < -0.3 is 68.2 Å². The SMILES string of the molecule is CC(=O)OC(C)(C)C(=O)N(C)[C@@H]1Cc2cc(Cl)ccc2C12CCN(C(=O)OC(C)(C)C)CC2.CC(C)(C)N1CC(C(=O)O)[C@H](c2ccc(F)cc2F)C1.CN1[C@@H]2c3cc(Cl)ccc3C3(CCN(C(=O)OC(C)(C)C)CC3)[C@@H]21.CN[C@@H]1Cc2cc(Cl)ccc2C12CCN(C(=O)OC(C)(C)C)CC2.COC(C)(C)C(=O)N(C)[C@@H]1Cc2cc(Cl)ccc2C12CCN(C(=O)OC(C)(C)C)CC2.Cl. The van der Waals surface area contributed by atoms with Crippen LogP contribution in [-0.4, -0.2) is 256 Å². The first kappa shape index (κ1) is 107. The third kappa shape index (κ3) is 23.8. The Morgan fingerprint density at radius 2 is 0.797 bits per heavy atom. The Morgan fingerprint density at radius 3 is 1.14 bits per heavy atom. The lowest BCUT2D eigenvalue weighted by Crippen LogP contribution is -2.58. The Morgan fingerprint density at radius 1 is 0.451 bits per heavy atom. The number of nitrogens with one attached hydrogen (secondary N) is 1. The van der Waals surface area contributed by atoms with Crippen molar-refractivity contribution in [3.63, 3.8) is 0 Å². The Labute approximate surface area is 812 Å². The maximum Gasteiger partial charge on any atom is 0.410 e. The number of halogens is 7. The van der Waals surface area contributed by atoms with E-state index in [9.17, 15) is 52.2 Å². The summed E-state index contributed by atoms with van der Waals surface area (Å²) in [5.41, 5.74) is 5.94. The first-order chi connectivity index (χ1) is 61.1. The fourth-order valence-electron chi connectivity index (χ4n) is 22.0. The van der Waals surface area contributed by atoms with E-state index in [1.807, 2.05) is 174 Å². The van der Waals surface area contributed by atoms with Gasteiger partial charge in [-0.1, -0.05) is 76.7 Å². The number of piperidine rings is 4. The van der Waals surface area contributed by atoms with Gasteiger partial charge in [0.1, 0.15) is 39.6 Å². The number of carboxylic acid groups (broad SMARTS) is 1. The van der Waals surface area contributed by atoms with Gasteiger partial charge >= 0.3 is 36.3 Å². The minimum atomic E-state index is -1.27. The first-order valence-electron chi connectivity index (χ1n) is 46.3. The van der Waals surface area contributed by atoms with E-state index in [2.05, 4.69) is 53.7 Å². The monoisotopic (exact) mass is 1950 g/mol. The molecule has 4 spiro atoms. The number of likely N-dealkylation sites (tertiary alicyclic amines) is 5. The van der Waals surface area contributed by atoms with Crippen LogP contribution < -0.4 is 5.32 Å². The summed E-state index contributed by atoms with van der Waals surface area (Å²) in [6.07, 6.45) is 8.20. The lowest BCUT2D eigenvalue weighted by Gasteiger charge is -2.47. The molecule has 0 bridgehead atoms. The van der Waals surface area contributed by atoms with Crippen molar-refractivity contribution < 1.29 is 80.7 Å². The molecule has 6 aliphatic heterocycles. The van der Waals surface area contributed by atoms with Gasteiger partial charge in [0.15, 0.2) is 5.60 Å². The van der Waals surface area contributed by atoms with Gasteiger partial charge in [0, 0.05) is 177 Å². The average molecular weight is 1950 g/mol. The summed E-state index contributed by atoms with van der Waals surface area (Å²) >= 11 is 25.0. The van der Waals surface area contributed by atoms with Crippen molar-refractivity contribution in [2.45, 2.75) is 306 Å². The van der Waals surface area contributed by atoms with Crippen LogP contribution >= 0.6 is 58.8 Å². The van der Waals surface area contributed by atoms with Crippen molar-refractivity contribution in [2.24, 2.45) is 5.92 Å². The standard InChI is InChI=1S/C25H35ClN2O5.C24H35ClN2O4.C19H25ClN2O2.C19H27ClN2O2.C15H19F2NO2.ClH/c1-16(29)32-24(5,6)21(30)27(7)20-15-17-14-18(26)8-9-19(17)25(20)10-12-28(13-11-25)22(31)33-23(2,3)4;1-22(2,3)31-21(29)27-12-10-24(11-13-27)18-9-8-17(25)14-16(18)15-19(24)26(6)20(28)23(4,5)30-7;1-18(2,3)24-17(23)22-9-7-19(8-10-22)14-6-5-12(20)11-13(14)15-16(19)21(15)4;1-18(2,3)24-17(23)22-9-7-19(8-10-22)15-6-5-14(20)11-13(15)12-16(19)21-4;1-15(2,3)18-7-11(12(8-18)14(19)20)10-5-4-9(16)6-13(10)17;/h8-9,14,20H,10-13,15H2,1-7H3;8-9,14,19H,10-13,15H2,1-7H3;5-6,11,15-16H,7-10H2,1-4H3;5-6,11,16,21H,7-10,12H2,1-4H3;4-6,11-12H,7-8H2,1-3H3,(H,19,20);1H/t20-;19-;15-,16-,21?;16-;11-,12?;/m11110./s1. The molecule has 6 saturated heterocycles. The van der Waals surface area contributed by atoms with Crippen LogP contribution in [0.15, 0.2) is 91.0 Å². The number of carbonyl (C=O) groups is 8. The van der Waals surface area contributed by atoms with E-state index in [1.54, 1.807) is 56.6 Å². The summed E-state index contributed by atoms with van der Waals surface area (Å²) in [4.78, 5) is 115. The molecule has 2 unspecified atom stereocenters. The largest absolute Gasteiger partial charge is 0.481 e.